The molecule has 4 heteroatoms. The van der Waals surface area contributed by atoms with Crippen molar-refractivity contribution in [2.24, 2.45) is 0 Å². The summed E-state index contributed by atoms with van der Waals surface area (Å²) >= 11 is 5.18. The van der Waals surface area contributed by atoms with Crippen molar-refractivity contribution in [1.29, 1.82) is 0 Å². The Balaban J connectivity index is 2.12. The van der Waals surface area contributed by atoms with Crippen molar-refractivity contribution in [2.75, 3.05) is 7.05 Å². The van der Waals surface area contributed by atoms with Gasteiger partial charge in [0.15, 0.2) is 0 Å². The minimum atomic E-state index is -0.186. The van der Waals surface area contributed by atoms with Gasteiger partial charge in [0, 0.05) is 20.8 Å². The van der Waals surface area contributed by atoms with Crippen LogP contribution in [0.4, 0.5) is 4.39 Å². The maximum atomic E-state index is 12.8. The topological polar surface area (TPSA) is 12.0 Å². The van der Waals surface area contributed by atoms with Crippen LogP contribution in [-0.2, 0) is 6.42 Å². The first-order valence-electron chi connectivity index (χ1n) is 5.34. The van der Waals surface area contributed by atoms with Crippen LogP contribution in [0, 0.1) is 5.82 Å². The molecule has 0 spiro atoms. The molecule has 0 radical (unpaired) electrons. The molecule has 1 aromatic carbocycles. The Labute approximate surface area is 113 Å². The molecule has 0 fully saturated rings. The second-order valence-corrected chi connectivity index (χ2v) is 5.70. The number of hydrogen-bond acceptors (Lipinski definition) is 2. The maximum absolute atomic E-state index is 12.8. The van der Waals surface area contributed by atoms with Gasteiger partial charge in [-0.1, -0.05) is 12.1 Å². The lowest BCUT2D eigenvalue weighted by molar-refractivity contribution is 0.597. The molecule has 0 amide bonds. The van der Waals surface area contributed by atoms with Gasteiger partial charge in [0.25, 0.3) is 0 Å². The van der Waals surface area contributed by atoms with Crippen LogP contribution < -0.4 is 5.32 Å². The molecular formula is C13H13BrFNS. The minimum Gasteiger partial charge on any atom is -0.312 e. The molecule has 17 heavy (non-hydrogen) atoms. The smallest absolute Gasteiger partial charge is 0.123 e. The molecule has 1 unspecified atom stereocenters. The van der Waals surface area contributed by atoms with E-state index in [0.29, 0.717) is 0 Å². The second-order valence-electron chi connectivity index (χ2n) is 3.84. The Morgan fingerprint density at radius 1 is 1.35 bits per heavy atom. The summed E-state index contributed by atoms with van der Waals surface area (Å²) in [6.45, 7) is 0. The van der Waals surface area contributed by atoms with E-state index in [1.807, 2.05) is 19.2 Å². The molecule has 2 rings (SSSR count). The summed E-state index contributed by atoms with van der Waals surface area (Å²) in [5.74, 6) is -0.186. The van der Waals surface area contributed by atoms with E-state index in [-0.39, 0.29) is 11.9 Å². The van der Waals surface area contributed by atoms with E-state index in [1.54, 1.807) is 11.3 Å². The molecule has 0 saturated heterocycles. The standard InChI is InChI=1S/C13H13BrFNS/c1-16-12(13-7-10(14)8-17-13)6-9-2-4-11(15)5-3-9/h2-5,7-8,12,16H,6H2,1H3. The van der Waals surface area contributed by atoms with Gasteiger partial charge in [-0.2, -0.15) is 0 Å². The molecule has 0 aliphatic carbocycles. The largest absolute Gasteiger partial charge is 0.312 e. The summed E-state index contributed by atoms with van der Waals surface area (Å²) in [6, 6.07) is 9.08. The zero-order valence-corrected chi connectivity index (χ0v) is 11.8. The number of halogens is 2. The lowest BCUT2D eigenvalue weighted by Crippen LogP contribution is -2.17. The normalized spacial score (nSPS) is 12.6. The fraction of sp³-hybridized carbons (Fsp3) is 0.231. The van der Waals surface area contributed by atoms with Crippen LogP contribution in [-0.4, -0.2) is 7.05 Å². The first kappa shape index (κ1) is 12.7. The minimum absolute atomic E-state index is 0.186. The molecule has 1 aromatic heterocycles. The summed E-state index contributed by atoms with van der Waals surface area (Å²) < 4.78 is 13.9. The lowest BCUT2D eigenvalue weighted by Gasteiger charge is -2.14. The predicted octanol–water partition coefficient (Wildman–Crippen LogP) is 4.15. The average Bonchev–Trinajstić information content (AvgIpc) is 2.75. The Morgan fingerprint density at radius 2 is 2.06 bits per heavy atom. The highest BCUT2D eigenvalue weighted by Gasteiger charge is 2.12. The van der Waals surface area contributed by atoms with E-state index in [2.05, 4.69) is 32.7 Å². The second kappa shape index (κ2) is 5.76. The Morgan fingerprint density at radius 3 is 2.59 bits per heavy atom. The van der Waals surface area contributed by atoms with Crippen molar-refractivity contribution < 1.29 is 4.39 Å². The van der Waals surface area contributed by atoms with Crippen LogP contribution in [0.2, 0.25) is 0 Å². The first-order valence-corrected chi connectivity index (χ1v) is 7.02. The van der Waals surface area contributed by atoms with Crippen molar-refractivity contribution in [1.82, 2.24) is 5.32 Å². The first-order chi connectivity index (χ1) is 8.19. The molecular weight excluding hydrogens is 301 g/mol. The summed E-state index contributed by atoms with van der Waals surface area (Å²) in [7, 11) is 1.95. The van der Waals surface area contributed by atoms with Gasteiger partial charge >= 0.3 is 0 Å². The van der Waals surface area contributed by atoms with Crippen molar-refractivity contribution in [2.45, 2.75) is 12.5 Å². The summed E-state index contributed by atoms with van der Waals surface area (Å²) in [5, 5.41) is 5.36. The number of nitrogens with one attached hydrogen (secondary N) is 1. The molecule has 0 aliphatic heterocycles. The van der Waals surface area contributed by atoms with Crippen molar-refractivity contribution >= 4 is 27.3 Å². The van der Waals surface area contributed by atoms with Gasteiger partial charge in [-0.3, -0.25) is 0 Å². The molecule has 1 atom stereocenters. The van der Waals surface area contributed by atoms with Crippen LogP contribution >= 0.6 is 27.3 Å². The number of hydrogen-bond donors (Lipinski definition) is 1. The van der Waals surface area contributed by atoms with Gasteiger partial charge in [-0.05, 0) is 53.2 Å². The third-order valence-corrected chi connectivity index (χ3v) is 4.44. The van der Waals surface area contributed by atoms with Crippen LogP contribution in [0.1, 0.15) is 16.5 Å². The van der Waals surface area contributed by atoms with Crippen LogP contribution in [0.15, 0.2) is 40.2 Å². The zero-order valence-electron chi connectivity index (χ0n) is 9.41. The van der Waals surface area contributed by atoms with E-state index in [9.17, 15) is 4.39 Å². The number of likely N-dealkylation sites (N-methyl/N-ethyl adjacent to an activating group) is 1. The monoisotopic (exact) mass is 313 g/mol. The highest BCUT2D eigenvalue weighted by Crippen LogP contribution is 2.27. The lowest BCUT2D eigenvalue weighted by atomic mass is 10.0. The maximum Gasteiger partial charge on any atom is 0.123 e. The van der Waals surface area contributed by atoms with Crippen molar-refractivity contribution in [3.63, 3.8) is 0 Å². The van der Waals surface area contributed by atoms with Gasteiger partial charge < -0.3 is 5.32 Å². The van der Waals surface area contributed by atoms with Crippen molar-refractivity contribution in [3.05, 3.63) is 56.4 Å². The Hall–Kier alpha value is -0.710. The summed E-state index contributed by atoms with van der Waals surface area (Å²) in [4.78, 5) is 1.28. The third-order valence-electron chi connectivity index (χ3n) is 2.63. The molecule has 0 bridgehead atoms. The van der Waals surface area contributed by atoms with Gasteiger partial charge in [0.1, 0.15) is 5.82 Å². The SMILES string of the molecule is CNC(Cc1ccc(F)cc1)c1cc(Br)cs1. The number of benzene rings is 1. The Bertz CT molecular complexity index is 480. The molecule has 1 nitrogen and oxygen atoms in total. The molecule has 90 valence electrons. The highest BCUT2D eigenvalue weighted by molar-refractivity contribution is 9.10. The van der Waals surface area contributed by atoms with E-state index in [4.69, 9.17) is 0 Å². The van der Waals surface area contributed by atoms with Gasteiger partial charge in [-0.25, -0.2) is 4.39 Å². The molecule has 2 aromatic rings. The summed E-state index contributed by atoms with van der Waals surface area (Å²) in [5.41, 5.74) is 1.13. The highest BCUT2D eigenvalue weighted by atomic mass is 79.9. The van der Waals surface area contributed by atoms with Crippen LogP contribution in [0.25, 0.3) is 0 Å². The van der Waals surface area contributed by atoms with E-state index < -0.39 is 0 Å². The molecule has 0 saturated carbocycles. The molecule has 1 heterocycles. The predicted molar refractivity (Wildman–Crippen MR) is 73.9 cm³/mol. The zero-order chi connectivity index (χ0) is 12.3. The number of thiophene rings is 1. The van der Waals surface area contributed by atoms with E-state index in [1.165, 1.54) is 17.0 Å². The fourth-order valence-corrected chi connectivity index (χ4v) is 3.27. The van der Waals surface area contributed by atoms with Gasteiger partial charge in [0.05, 0.1) is 0 Å². The molecule has 1 N–H and O–H groups in total. The average molecular weight is 314 g/mol. The third kappa shape index (κ3) is 3.37. The van der Waals surface area contributed by atoms with Crippen LogP contribution in [0.3, 0.4) is 0 Å². The van der Waals surface area contributed by atoms with Gasteiger partial charge in [-0.15, -0.1) is 11.3 Å². The quantitative estimate of drug-likeness (QED) is 0.894. The summed E-state index contributed by atoms with van der Waals surface area (Å²) in [6.07, 6.45) is 0.865. The fourth-order valence-electron chi connectivity index (χ4n) is 1.71. The van der Waals surface area contributed by atoms with Gasteiger partial charge in [0.2, 0.25) is 0 Å². The van der Waals surface area contributed by atoms with Crippen molar-refractivity contribution in [3.8, 4) is 0 Å². The van der Waals surface area contributed by atoms with Crippen LogP contribution in [0.5, 0.6) is 0 Å². The molecule has 0 aliphatic rings. The Kier molecular flexibility index (Phi) is 4.31. The van der Waals surface area contributed by atoms with E-state index >= 15 is 0 Å². The van der Waals surface area contributed by atoms with E-state index in [0.717, 1.165) is 16.5 Å². The number of rotatable bonds is 4.